The highest BCUT2D eigenvalue weighted by Crippen LogP contribution is 2.37. The van der Waals surface area contributed by atoms with Crippen molar-refractivity contribution in [3.05, 3.63) is 41.8 Å². The number of halogens is 1. The van der Waals surface area contributed by atoms with Gasteiger partial charge >= 0.3 is 0 Å². The Balaban J connectivity index is 1.79. The summed E-state index contributed by atoms with van der Waals surface area (Å²) in [5.41, 5.74) is 7.23. The molecule has 0 aliphatic carbocycles. The normalized spacial score (nSPS) is 14.1. The monoisotopic (exact) mass is 397 g/mol. The third kappa shape index (κ3) is 3.35. The molecule has 1 aliphatic rings. The average molecular weight is 397 g/mol. The van der Waals surface area contributed by atoms with Crippen molar-refractivity contribution in [3.8, 4) is 33.5 Å². The van der Waals surface area contributed by atoms with E-state index in [2.05, 4.69) is 20.9 Å². The van der Waals surface area contributed by atoms with E-state index in [1.807, 2.05) is 0 Å². The third-order valence-corrected chi connectivity index (χ3v) is 5.52. The van der Waals surface area contributed by atoms with Crippen LogP contribution in [0.3, 0.4) is 0 Å². The van der Waals surface area contributed by atoms with Crippen molar-refractivity contribution in [3.63, 3.8) is 0 Å². The molecule has 4 rings (SSSR count). The number of anilines is 2. The number of aromatic hydroxyl groups is 1. The first kappa shape index (κ1) is 18.2. The summed E-state index contributed by atoms with van der Waals surface area (Å²) in [5, 5.41) is 19.8. The van der Waals surface area contributed by atoms with Crippen molar-refractivity contribution < 1.29 is 14.2 Å². The Morgan fingerprint density at radius 3 is 2.75 bits per heavy atom. The Hall–Kier alpha value is -3.22. The maximum atomic E-state index is 14.3. The van der Waals surface area contributed by atoms with Crippen LogP contribution in [0.1, 0.15) is 5.56 Å². The number of nitrogens with two attached hydrogens (primary N) is 1. The van der Waals surface area contributed by atoms with Gasteiger partial charge in [0.25, 0.3) is 0 Å². The molecule has 142 valence electrons. The molecular weight excluding hydrogens is 381 g/mol. The van der Waals surface area contributed by atoms with Crippen LogP contribution in [0.2, 0.25) is 0 Å². The first-order valence-electron chi connectivity index (χ1n) is 8.55. The van der Waals surface area contributed by atoms with Gasteiger partial charge in [-0.3, -0.25) is 0 Å². The number of rotatable bonds is 3. The Labute approximate surface area is 164 Å². The minimum absolute atomic E-state index is 0.0174. The van der Waals surface area contributed by atoms with Crippen molar-refractivity contribution >= 4 is 22.3 Å². The van der Waals surface area contributed by atoms with Gasteiger partial charge in [0.2, 0.25) is 0 Å². The highest BCUT2D eigenvalue weighted by atomic mass is 32.1. The number of phenolic OH excluding ortho intramolecular Hbond substituents is 1. The number of nitriles is 1. The lowest BCUT2D eigenvalue weighted by Crippen LogP contribution is -2.36. The van der Waals surface area contributed by atoms with E-state index >= 15 is 0 Å². The van der Waals surface area contributed by atoms with Crippen LogP contribution in [0, 0.1) is 17.1 Å². The highest BCUT2D eigenvalue weighted by Gasteiger charge is 2.20. The van der Waals surface area contributed by atoms with E-state index in [0.29, 0.717) is 18.8 Å². The molecule has 3 aromatic rings. The number of aromatic nitrogens is 2. The van der Waals surface area contributed by atoms with Crippen molar-refractivity contribution in [2.75, 3.05) is 36.9 Å². The van der Waals surface area contributed by atoms with E-state index < -0.39 is 5.82 Å². The second-order valence-electron chi connectivity index (χ2n) is 6.20. The van der Waals surface area contributed by atoms with E-state index in [9.17, 15) is 14.8 Å². The van der Waals surface area contributed by atoms with Gasteiger partial charge in [-0.15, -0.1) is 0 Å². The summed E-state index contributed by atoms with van der Waals surface area (Å²) >= 11 is 1.43. The summed E-state index contributed by atoms with van der Waals surface area (Å²) in [6.45, 7) is 2.79. The number of pyridine rings is 1. The van der Waals surface area contributed by atoms with Gasteiger partial charge in [-0.1, -0.05) is 11.3 Å². The fourth-order valence-electron chi connectivity index (χ4n) is 3.02. The number of phenols is 1. The molecular formula is C19H16FN5O2S. The van der Waals surface area contributed by atoms with Crippen LogP contribution in [0.25, 0.3) is 21.7 Å². The molecule has 0 atom stereocenters. The fourth-order valence-corrected chi connectivity index (χ4v) is 4.01. The van der Waals surface area contributed by atoms with Gasteiger partial charge in [0.15, 0.2) is 5.13 Å². The molecule has 1 saturated heterocycles. The van der Waals surface area contributed by atoms with E-state index in [0.717, 1.165) is 29.2 Å². The quantitative estimate of drug-likeness (QED) is 0.699. The van der Waals surface area contributed by atoms with Crippen LogP contribution in [0.15, 0.2) is 30.5 Å². The zero-order chi connectivity index (χ0) is 19.7. The predicted molar refractivity (Wildman–Crippen MR) is 105 cm³/mol. The smallest absolute Gasteiger partial charge is 0.186 e. The Bertz CT molecular complexity index is 1070. The molecule has 0 saturated carbocycles. The van der Waals surface area contributed by atoms with Crippen LogP contribution in [-0.4, -0.2) is 41.4 Å². The van der Waals surface area contributed by atoms with Crippen molar-refractivity contribution in [2.24, 2.45) is 0 Å². The number of nitrogens with zero attached hydrogens (tertiary/aromatic N) is 4. The van der Waals surface area contributed by atoms with Gasteiger partial charge in [-0.25, -0.2) is 14.4 Å². The summed E-state index contributed by atoms with van der Waals surface area (Å²) in [4.78, 5) is 11.5. The summed E-state index contributed by atoms with van der Waals surface area (Å²) in [7, 11) is 0. The van der Waals surface area contributed by atoms with Crippen molar-refractivity contribution in [1.29, 1.82) is 5.26 Å². The topological polar surface area (TPSA) is 108 Å². The van der Waals surface area contributed by atoms with E-state index in [1.54, 1.807) is 12.3 Å². The third-order valence-electron chi connectivity index (χ3n) is 4.43. The zero-order valence-electron chi connectivity index (χ0n) is 14.7. The number of hydrogen-bond acceptors (Lipinski definition) is 8. The first-order chi connectivity index (χ1) is 13.6. The van der Waals surface area contributed by atoms with E-state index in [1.165, 1.54) is 23.5 Å². The molecule has 3 heterocycles. The molecule has 7 nitrogen and oxygen atoms in total. The van der Waals surface area contributed by atoms with Gasteiger partial charge in [-0.2, -0.15) is 5.26 Å². The van der Waals surface area contributed by atoms with E-state index in [-0.39, 0.29) is 28.4 Å². The molecule has 0 unspecified atom stereocenters. The predicted octanol–water partition coefficient (Wildman–Crippen LogP) is 3.01. The number of nitrogen functional groups attached to an aromatic ring is 1. The van der Waals surface area contributed by atoms with E-state index in [4.69, 9.17) is 10.5 Å². The van der Waals surface area contributed by atoms with Gasteiger partial charge in [0, 0.05) is 36.5 Å². The number of morpholine rings is 1. The maximum Gasteiger partial charge on any atom is 0.186 e. The van der Waals surface area contributed by atoms with Crippen LogP contribution >= 0.6 is 11.3 Å². The van der Waals surface area contributed by atoms with Crippen LogP contribution in [0.5, 0.6) is 5.75 Å². The molecule has 0 bridgehead atoms. The molecule has 1 fully saturated rings. The number of ether oxygens (including phenoxy) is 1. The molecule has 1 aromatic carbocycles. The molecule has 28 heavy (non-hydrogen) atoms. The molecule has 9 heteroatoms. The lowest BCUT2D eigenvalue weighted by Gasteiger charge is -2.25. The summed E-state index contributed by atoms with van der Waals surface area (Å²) < 4.78 is 19.7. The Kier molecular flexibility index (Phi) is 4.81. The first-order valence-corrected chi connectivity index (χ1v) is 9.37. The number of hydrogen-bond donors (Lipinski definition) is 2. The molecule has 1 aliphatic heterocycles. The largest absolute Gasteiger partial charge is 0.508 e. The summed E-state index contributed by atoms with van der Waals surface area (Å²) in [5.74, 6) is -0.787. The van der Waals surface area contributed by atoms with Crippen LogP contribution in [0.4, 0.5) is 15.3 Å². The Morgan fingerprint density at radius 2 is 2.04 bits per heavy atom. The van der Waals surface area contributed by atoms with Crippen molar-refractivity contribution in [1.82, 2.24) is 9.97 Å². The molecule has 2 aromatic heterocycles. The molecule has 0 radical (unpaired) electrons. The fraction of sp³-hybridized carbons (Fsp3) is 0.211. The average Bonchev–Trinajstić information content (AvgIpc) is 3.18. The SMILES string of the molecule is N#Cc1c(-c2cnc(N3CCOCC3)s2)cc(-c2ccc(O)cc2F)nc1N. The molecule has 0 amide bonds. The molecule has 3 N–H and O–H groups in total. The Morgan fingerprint density at radius 1 is 1.25 bits per heavy atom. The zero-order valence-corrected chi connectivity index (χ0v) is 15.5. The lowest BCUT2D eigenvalue weighted by molar-refractivity contribution is 0.122. The lowest BCUT2D eigenvalue weighted by atomic mass is 10.0. The maximum absolute atomic E-state index is 14.3. The summed E-state index contributed by atoms with van der Waals surface area (Å²) in [6.07, 6.45) is 1.68. The van der Waals surface area contributed by atoms with Crippen molar-refractivity contribution in [2.45, 2.75) is 0 Å². The number of benzene rings is 1. The number of thiazole rings is 1. The van der Waals surface area contributed by atoms with Gasteiger partial charge in [0.05, 0.1) is 23.8 Å². The van der Waals surface area contributed by atoms with Gasteiger partial charge in [0.1, 0.15) is 29.0 Å². The molecule has 0 spiro atoms. The van der Waals surface area contributed by atoms with Crippen LogP contribution in [-0.2, 0) is 4.74 Å². The van der Waals surface area contributed by atoms with Gasteiger partial charge in [-0.05, 0) is 18.2 Å². The minimum atomic E-state index is -0.624. The second-order valence-corrected chi connectivity index (χ2v) is 7.21. The highest BCUT2D eigenvalue weighted by molar-refractivity contribution is 7.18. The van der Waals surface area contributed by atoms with Gasteiger partial charge < -0.3 is 20.5 Å². The second kappa shape index (κ2) is 7.42. The van der Waals surface area contributed by atoms with Crippen LogP contribution < -0.4 is 10.6 Å². The summed E-state index contributed by atoms with van der Waals surface area (Å²) in [6, 6.07) is 7.51. The minimum Gasteiger partial charge on any atom is -0.508 e. The standard InChI is InChI=1S/C19H16FN5O2S/c20-15-7-11(26)1-2-12(15)16-8-13(14(9-21)18(22)24-16)17-10-23-19(28-17)25-3-5-27-6-4-25/h1-2,7-8,10,26H,3-6H2,(H2,22,24).